The van der Waals surface area contributed by atoms with Crippen molar-refractivity contribution in [2.75, 3.05) is 13.2 Å². The van der Waals surface area contributed by atoms with Crippen LogP contribution in [0.4, 0.5) is 0 Å². The van der Waals surface area contributed by atoms with Gasteiger partial charge in [0.2, 0.25) is 0 Å². The van der Waals surface area contributed by atoms with Gasteiger partial charge < -0.3 is 59.5 Å². The number of aliphatic hydroxyl groups excluding tert-OH is 6. The Kier molecular flexibility index (Phi) is 10.3. The Labute approximate surface area is 235 Å². The molecule has 0 radical (unpaired) electrons. The minimum absolute atomic E-state index is 0.737. The van der Waals surface area contributed by atoms with Crippen molar-refractivity contribution < 1.29 is 72.9 Å². The summed E-state index contributed by atoms with van der Waals surface area (Å²) in [6.45, 7) is -2.15. The Morgan fingerprint density at radius 3 is 2.44 bits per heavy atom. The number of nitrogens with zero attached hydrogens (tertiary/aromatic N) is 1. The van der Waals surface area contributed by atoms with E-state index in [4.69, 9.17) is 30.9 Å². The monoisotopic (exact) mass is 652 g/mol. The lowest BCUT2D eigenvalue weighted by molar-refractivity contribution is -0.292. The fraction of sp³-hybridized carbons (Fsp3) is 0.684. The number of hydrogen-bond acceptors (Lipinski definition) is 16. The predicted octanol–water partition coefficient (Wildman–Crippen LogP) is -4.37. The minimum atomic E-state index is -5.53. The number of H-pyrrole nitrogens is 1. The van der Waals surface area contributed by atoms with E-state index in [1.807, 2.05) is 4.98 Å². The molecular formula is C19H30N2O17P2S. The summed E-state index contributed by atoms with van der Waals surface area (Å²) in [5.74, 6) is 0. The van der Waals surface area contributed by atoms with Gasteiger partial charge in [0.25, 0.3) is 5.56 Å². The van der Waals surface area contributed by atoms with Crippen molar-refractivity contribution in [1.82, 2.24) is 9.55 Å². The van der Waals surface area contributed by atoms with Crippen LogP contribution in [0.3, 0.4) is 0 Å². The van der Waals surface area contributed by atoms with Gasteiger partial charge in [-0.1, -0.05) is 12.7 Å². The first kappa shape index (κ1) is 34.2. The van der Waals surface area contributed by atoms with Crippen LogP contribution in [-0.2, 0) is 39.2 Å². The van der Waals surface area contributed by atoms with Gasteiger partial charge in [0.15, 0.2) is 18.1 Å². The van der Waals surface area contributed by atoms with Crippen molar-refractivity contribution in [2.45, 2.75) is 67.3 Å². The van der Waals surface area contributed by atoms with Crippen LogP contribution in [0.25, 0.3) is 0 Å². The van der Waals surface area contributed by atoms with Gasteiger partial charge in [-0.15, -0.1) is 0 Å². The fourth-order valence-corrected chi connectivity index (χ4v) is 7.31. The number of ether oxygens (including phenoxy) is 2. The molecule has 2 fully saturated rings. The highest BCUT2D eigenvalue weighted by molar-refractivity contribution is 8.08. The zero-order chi connectivity index (χ0) is 31.1. The molecule has 0 aliphatic carbocycles. The molecule has 12 atom stereocenters. The first-order valence-electron chi connectivity index (χ1n) is 11.5. The highest BCUT2D eigenvalue weighted by atomic mass is 32.5. The maximum Gasteiger partial charge on any atom is 0.481 e. The number of phosphoric acid groups is 1. The van der Waals surface area contributed by atoms with Gasteiger partial charge in [-0.05, 0) is 18.7 Å². The molecule has 19 nitrogen and oxygen atoms in total. The van der Waals surface area contributed by atoms with Crippen LogP contribution in [0.5, 0.6) is 0 Å². The van der Waals surface area contributed by atoms with Gasteiger partial charge in [0.1, 0.15) is 42.2 Å². The molecule has 1 aromatic heterocycles. The largest absolute Gasteiger partial charge is 0.481 e. The summed E-state index contributed by atoms with van der Waals surface area (Å²) in [5, 5.41) is 70.6. The molecule has 22 heteroatoms. The minimum Gasteiger partial charge on any atom is -0.394 e. The summed E-state index contributed by atoms with van der Waals surface area (Å²) in [6, 6.07) is 0.937. The lowest BCUT2D eigenvalue weighted by atomic mass is 9.87. The average molecular weight is 652 g/mol. The smallest absolute Gasteiger partial charge is 0.394 e. The highest BCUT2D eigenvalue weighted by Crippen LogP contribution is 2.62. The Hall–Kier alpha value is -1.26. The number of hydrogen-bond donors (Lipinski definition) is 10. The van der Waals surface area contributed by atoms with Gasteiger partial charge in [-0.3, -0.25) is 18.9 Å². The van der Waals surface area contributed by atoms with E-state index < -0.39 is 99.3 Å². The molecule has 2 aliphatic rings. The van der Waals surface area contributed by atoms with Crippen molar-refractivity contribution in [3.05, 3.63) is 45.8 Å². The second-order valence-corrected chi connectivity index (χ2v) is 13.8. The first-order valence-corrected chi connectivity index (χ1v) is 15.6. The zero-order valence-electron chi connectivity index (χ0n) is 21.0. The molecule has 0 amide bonds. The van der Waals surface area contributed by atoms with Gasteiger partial charge in [-0.25, -0.2) is 13.7 Å². The van der Waals surface area contributed by atoms with E-state index in [9.17, 15) is 54.6 Å². The molecular weight excluding hydrogens is 622 g/mol. The molecule has 10 N–H and O–H groups in total. The Balaban J connectivity index is 1.74. The zero-order valence-corrected chi connectivity index (χ0v) is 23.6. The highest BCUT2D eigenvalue weighted by Gasteiger charge is 2.61. The maximum atomic E-state index is 12.6. The van der Waals surface area contributed by atoms with E-state index in [0.29, 0.717) is 0 Å². The van der Waals surface area contributed by atoms with Crippen LogP contribution >= 0.6 is 14.5 Å². The standard InChI is InChI=1S/C19H30N2O17P2S/c1-3-19(30)15(28)18(2,36-16(19)21-5-4-9(24)20-17(21)29)7-34-40(33,41)38-39(31,32)37-14-12(27)10(25)11(26)13(35-14)8(23)6-22/h3-5,8,10-16,22-23,25-28,30H,1,6-7H2,2H3,(H,31,32)(H,33,41)(H,20,24,29)/t8-,10?,11?,12?,13?,14?,15+,16+,18+,19+,40?/m0/s1. The second kappa shape index (κ2) is 12.4. The van der Waals surface area contributed by atoms with Crippen LogP contribution in [0.2, 0.25) is 0 Å². The van der Waals surface area contributed by atoms with E-state index >= 15 is 0 Å². The molecule has 1 aromatic rings. The summed E-state index contributed by atoms with van der Waals surface area (Å²) in [7, 11) is -5.53. The first-order chi connectivity index (χ1) is 18.8. The summed E-state index contributed by atoms with van der Waals surface area (Å²) in [5.41, 5.74) is -6.16. The normalized spacial score (nSPS) is 39.5. The summed E-state index contributed by atoms with van der Waals surface area (Å²) < 4.78 is 38.1. The summed E-state index contributed by atoms with van der Waals surface area (Å²) in [4.78, 5) is 46.1. The van der Waals surface area contributed by atoms with E-state index in [1.165, 1.54) is 0 Å². The molecule has 0 aromatic carbocycles. The van der Waals surface area contributed by atoms with Crippen molar-refractivity contribution in [3.8, 4) is 0 Å². The topological polar surface area (TPSA) is 300 Å². The van der Waals surface area contributed by atoms with Crippen LogP contribution in [-0.4, -0.2) is 122 Å². The van der Waals surface area contributed by atoms with Gasteiger partial charge in [0, 0.05) is 12.3 Å². The van der Waals surface area contributed by atoms with E-state index in [-0.39, 0.29) is 0 Å². The van der Waals surface area contributed by atoms with Crippen LogP contribution in [0.1, 0.15) is 13.2 Å². The molecule has 3 heterocycles. The van der Waals surface area contributed by atoms with E-state index in [1.54, 1.807) is 0 Å². The quantitative estimate of drug-likeness (QED) is 0.0797. The predicted molar refractivity (Wildman–Crippen MR) is 135 cm³/mol. The molecule has 2 saturated heterocycles. The van der Waals surface area contributed by atoms with Crippen molar-refractivity contribution >= 4 is 26.3 Å². The summed E-state index contributed by atoms with van der Waals surface area (Å²) >= 11 is 4.71. The van der Waals surface area contributed by atoms with Gasteiger partial charge in [-0.2, -0.15) is 0 Å². The SMILES string of the molecule is C=C[C@]1(O)[C@H](n2ccc(=O)[nH]c2=O)O[C@](C)(COP(O)(=S)OP(=O)(O)OC2OC([C@@H](O)CO)C(O)C(O)C2O)[C@H]1O. The lowest BCUT2D eigenvalue weighted by Gasteiger charge is -2.41. The number of rotatable bonds is 11. The maximum absolute atomic E-state index is 12.6. The third-order valence-electron chi connectivity index (χ3n) is 6.35. The molecule has 7 unspecified atom stereocenters. The van der Waals surface area contributed by atoms with E-state index in [0.717, 1.165) is 29.8 Å². The summed E-state index contributed by atoms with van der Waals surface area (Å²) in [6.07, 6.45) is -13.8. The number of aromatic amines is 1. The lowest BCUT2D eigenvalue weighted by Crippen LogP contribution is -2.61. The Morgan fingerprint density at radius 1 is 1.24 bits per heavy atom. The molecule has 0 bridgehead atoms. The molecule has 234 valence electrons. The average Bonchev–Trinajstić information content (AvgIpc) is 3.08. The van der Waals surface area contributed by atoms with Crippen LogP contribution in [0, 0.1) is 0 Å². The molecule has 41 heavy (non-hydrogen) atoms. The van der Waals surface area contributed by atoms with Gasteiger partial charge >= 0.3 is 20.2 Å². The Morgan fingerprint density at radius 2 is 1.88 bits per heavy atom. The third-order valence-corrected chi connectivity index (χ3v) is 9.85. The fourth-order valence-electron chi connectivity index (χ4n) is 4.15. The molecule has 3 rings (SSSR count). The van der Waals surface area contributed by atoms with Crippen molar-refractivity contribution in [1.29, 1.82) is 0 Å². The molecule has 0 spiro atoms. The molecule has 2 aliphatic heterocycles. The van der Waals surface area contributed by atoms with Crippen LogP contribution in [0.15, 0.2) is 34.5 Å². The van der Waals surface area contributed by atoms with Crippen molar-refractivity contribution in [2.24, 2.45) is 0 Å². The van der Waals surface area contributed by atoms with Crippen molar-refractivity contribution in [3.63, 3.8) is 0 Å². The number of nitrogens with one attached hydrogen (secondary N) is 1. The Bertz CT molecular complexity index is 1330. The third kappa shape index (κ3) is 7.11. The van der Waals surface area contributed by atoms with Gasteiger partial charge in [0.05, 0.1) is 13.2 Å². The number of phosphoric ester groups is 1. The van der Waals surface area contributed by atoms with Crippen LogP contribution < -0.4 is 11.2 Å². The van der Waals surface area contributed by atoms with E-state index in [2.05, 4.69) is 15.4 Å². The number of aromatic nitrogens is 2. The molecule has 0 saturated carbocycles. The number of aliphatic hydroxyl groups is 7. The second-order valence-electron chi connectivity index (χ2n) is 9.38.